The number of nitrogens with one attached hydrogen (secondary N) is 1. The average Bonchev–Trinajstić information content (AvgIpc) is 2.70. The molecule has 1 aliphatic heterocycles. The summed E-state index contributed by atoms with van der Waals surface area (Å²) in [7, 11) is -3.67. The van der Waals surface area contributed by atoms with Crippen molar-refractivity contribution >= 4 is 22.6 Å². The molecular formula is C21H28N3O4S+. The minimum absolute atomic E-state index is 0.145. The van der Waals surface area contributed by atoms with E-state index in [9.17, 15) is 8.42 Å². The van der Waals surface area contributed by atoms with Crippen molar-refractivity contribution in [3.05, 3.63) is 41.6 Å². The SMILES string of the molecule is C=[N+]1CCCc2ccc(CCNS(=O)(=O)c3ccc(OCC)c(OCC)c3)nc21. The first-order valence-electron chi connectivity index (χ1n) is 9.90. The topological polar surface area (TPSA) is 80.5 Å². The Morgan fingerprint density at radius 2 is 1.90 bits per heavy atom. The highest BCUT2D eigenvalue weighted by Gasteiger charge is 2.22. The number of aryl methyl sites for hydroxylation is 1. The molecule has 0 spiro atoms. The summed E-state index contributed by atoms with van der Waals surface area (Å²) in [6.45, 7) is 9.76. The van der Waals surface area contributed by atoms with Crippen LogP contribution in [0, 0.1) is 0 Å². The molecule has 29 heavy (non-hydrogen) atoms. The van der Waals surface area contributed by atoms with Crippen LogP contribution < -0.4 is 14.2 Å². The molecule has 0 aliphatic carbocycles. The minimum Gasteiger partial charge on any atom is -0.490 e. The fourth-order valence-electron chi connectivity index (χ4n) is 3.29. The molecule has 0 amide bonds. The van der Waals surface area contributed by atoms with E-state index in [2.05, 4.69) is 22.5 Å². The number of hydrogen-bond acceptors (Lipinski definition) is 5. The zero-order chi connectivity index (χ0) is 20.9. The van der Waals surface area contributed by atoms with Crippen molar-refractivity contribution in [1.82, 2.24) is 9.71 Å². The summed E-state index contributed by atoms with van der Waals surface area (Å²) in [6.07, 6.45) is 2.57. The Bertz CT molecular complexity index is 989. The molecule has 0 radical (unpaired) electrons. The van der Waals surface area contributed by atoms with Crippen LogP contribution in [-0.2, 0) is 22.9 Å². The van der Waals surface area contributed by atoms with Crippen molar-refractivity contribution in [1.29, 1.82) is 0 Å². The van der Waals surface area contributed by atoms with Crippen LogP contribution >= 0.6 is 0 Å². The summed E-state index contributed by atoms with van der Waals surface area (Å²) in [6, 6.07) is 8.65. The van der Waals surface area contributed by atoms with Crippen LogP contribution in [0.3, 0.4) is 0 Å². The number of rotatable bonds is 9. The first kappa shape index (κ1) is 21.3. The largest absolute Gasteiger partial charge is 0.490 e. The number of aromatic nitrogens is 1. The van der Waals surface area contributed by atoms with Gasteiger partial charge < -0.3 is 9.47 Å². The second-order valence-corrected chi connectivity index (χ2v) is 8.54. The zero-order valence-electron chi connectivity index (χ0n) is 17.0. The van der Waals surface area contributed by atoms with E-state index in [-0.39, 0.29) is 11.4 Å². The molecule has 1 aromatic carbocycles. The van der Waals surface area contributed by atoms with Gasteiger partial charge in [0.05, 0.1) is 31.4 Å². The summed E-state index contributed by atoms with van der Waals surface area (Å²) in [5, 5.41) is 0. The number of sulfonamides is 1. The van der Waals surface area contributed by atoms with Gasteiger partial charge in [0.25, 0.3) is 0 Å². The smallest absolute Gasteiger partial charge is 0.325 e. The maximum Gasteiger partial charge on any atom is 0.325 e. The van der Waals surface area contributed by atoms with Gasteiger partial charge in [-0.3, -0.25) is 0 Å². The molecule has 0 unspecified atom stereocenters. The van der Waals surface area contributed by atoms with Crippen molar-refractivity contribution in [2.75, 3.05) is 26.3 Å². The molecular weight excluding hydrogens is 390 g/mol. The lowest BCUT2D eigenvalue weighted by Crippen LogP contribution is -2.26. The van der Waals surface area contributed by atoms with Gasteiger partial charge in [0, 0.05) is 24.6 Å². The summed E-state index contributed by atoms with van der Waals surface area (Å²) in [5.74, 6) is 1.85. The Morgan fingerprint density at radius 3 is 2.66 bits per heavy atom. The number of pyridine rings is 1. The lowest BCUT2D eigenvalue weighted by molar-refractivity contribution is -0.441. The van der Waals surface area contributed by atoms with E-state index in [1.807, 2.05) is 24.5 Å². The van der Waals surface area contributed by atoms with Crippen molar-refractivity contribution in [3.63, 3.8) is 0 Å². The van der Waals surface area contributed by atoms with Gasteiger partial charge in [-0.1, -0.05) is 0 Å². The predicted molar refractivity (Wildman–Crippen MR) is 112 cm³/mol. The molecule has 156 valence electrons. The van der Waals surface area contributed by atoms with Crippen molar-refractivity contribution < 1.29 is 22.5 Å². The third-order valence-corrected chi connectivity index (χ3v) is 6.14. The molecule has 2 heterocycles. The van der Waals surface area contributed by atoms with Crippen LogP contribution in [0.4, 0.5) is 5.82 Å². The third kappa shape index (κ3) is 5.13. The molecule has 0 saturated heterocycles. The van der Waals surface area contributed by atoms with Crippen LogP contribution in [0.5, 0.6) is 11.5 Å². The molecule has 8 heteroatoms. The molecule has 0 atom stereocenters. The number of hydrogen-bond donors (Lipinski definition) is 1. The molecule has 0 fully saturated rings. The van der Waals surface area contributed by atoms with E-state index >= 15 is 0 Å². The molecule has 3 rings (SSSR count). The average molecular weight is 419 g/mol. The van der Waals surface area contributed by atoms with Crippen LogP contribution in [0.25, 0.3) is 0 Å². The monoisotopic (exact) mass is 418 g/mol. The highest BCUT2D eigenvalue weighted by molar-refractivity contribution is 7.89. The van der Waals surface area contributed by atoms with E-state index in [1.165, 1.54) is 17.7 Å². The molecule has 0 saturated carbocycles. The van der Waals surface area contributed by atoms with E-state index in [1.54, 1.807) is 6.07 Å². The van der Waals surface area contributed by atoms with E-state index < -0.39 is 10.0 Å². The Morgan fingerprint density at radius 1 is 1.14 bits per heavy atom. The summed E-state index contributed by atoms with van der Waals surface area (Å²) >= 11 is 0. The Balaban J connectivity index is 1.68. The van der Waals surface area contributed by atoms with Gasteiger partial charge >= 0.3 is 5.82 Å². The van der Waals surface area contributed by atoms with E-state index in [0.29, 0.717) is 31.1 Å². The van der Waals surface area contributed by atoms with Crippen LogP contribution in [0.2, 0.25) is 0 Å². The van der Waals surface area contributed by atoms with Crippen LogP contribution in [0.1, 0.15) is 31.5 Å². The van der Waals surface area contributed by atoms with Crippen LogP contribution in [-0.4, -0.2) is 51.0 Å². The quantitative estimate of drug-likeness (QED) is 0.634. The van der Waals surface area contributed by atoms with Crippen molar-refractivity contribution in [2.45, 2.75) is 38.0 Å². The second kappa shape index (κ2) is 9.37. The van der Waals surface area contributed by atoms with E-state index in [0.717, 1.165) is 30.9 Å². The van der Waals surface area contributed by atoms with Gasteiger partial charge in [-0.2, -0.15) is 0 Å². The Kier molecular flexibility index (Phi) is 6.87. The first-order valence-corrected chi connectivity index (χ1v) is 11.4. The van der Waals surface area contributed by atoms with Crippen LogP contribution in [0.15, 0.2) is 35.2 Å². The summed E-state index contributed by atoms with van der Waals surface area (Å²) in [4.78, 5) is 4.79. The third-order valence-electron chi connectivity index (χ3n) is 4.69. The number of nitrogens with zero attached hydrogens (tertiary/aromatic N) is 2. The molecule has 1 N–H and O–H groups in total. The number of ether oxygens (including phenoxy) is 2. The van der Waals surface area contributed by atoms with Gasteiger partial charge in [-0.05, 0) is 55.9 Å². The number of fused-ring (bicyclic) bond motifs is 1. The molecule has 1 aromatic heterocycles. The lowest BCUT2D eigenvalue weighted by atomic mass is 10.1. The molecule has 0 bridgehead atoms. The van der Waals surface area contributed by atoms with Crippen molar-refractivity contribution in [2.24, 2.45) is 0 Å². The molecule has 7 nitrogen and oxygen atoms in total. The highest BCUT2D eigenvalue weighted by atomic mass is 32.2. The fourth-order valence-corrected chi connectivity index (χ4v) is 4.33. The maximum atomic E-state index is 12.7. The van der Waals surface area contributed by atoms with Gasteiger partial charge in [0.15, 0.2) is 17.2 Å². The zero-order valence-corrected chi connectivity index (χ0v) is 17.8. The maximum absolute atomic E-state index is 12.7. The van der Waals surface area contributed by atoms with Gasteiger partial charge in [0.1, 0.15) is 0 Å². The fraction of sp³-hybridized carbons (Fsp3) is 0.429. The highest BCUT2D eigenvalue weighted by Crippen LogP contribution is 2.30. The lowest BCUT2D eigenvalue weighted by Gasteiger charge is -2.13. The van der Waals surface area contributed by atoms with E-state index in [4.69, 9.17) is 9.47 Å². The summed E-state index contributed by atoms with van der Waals surface area (Å²) in [5.41, 5.74) is 2.03. The molecule has 1 aliphatic rings. The standard InChI is InChI=1S/C21H28N3O4S/c1-4-27-19-11-10-18(15-20(19)28-5-2)29(25,26)22-13-12-17-9-8-16-7-6-14-24(3)21(16)23-17/h8-11,15,22H,3-7,12-14H2,1-2H3/q+1. The predicted octanol–water partition coefficient (Wildman–Crippen LogP) is 2.69. The summed E-state index contributed by atoms with van der Waals surface area (Å²) < 4.78 is 40.9. The Hall–Kier alpha value is -2.45. The van der Waals surface area contributed by atoms with Gasteiger partial charge in [-0.25, -0.2) is 17.7 Å². The Labute approximate surface area is 172 Å². The van der Waals surface area contributed by atoms with Crippen molar-refractivity contribution in [3.8, 4) is 11.5 Å². The second-order valence-electron chi connectivity index (χ2n) is 6.77. The minimum atomic E-state index is -3.67. The number of benzene rings is 1. The van der Waals surface area contributed by atoms with Gasteiger partial charge in [-0.15, -0.1) is 0 Å². The van der Waals surface area contributed by atoms with Gasteiger partial charge in [0.2, 0.25) is 10.0 Å². The molecule has 2 aromatic rings. The first-order chi connectivity index (χ1) is 13.9. The normalized spacial score (nSPS) is 13.8.